The summed E-state index contributed by atoms with van der Waals surface area (Å²) in [5, 5.41) is 29.5. The van der Waals surface area contributed by atoms with Crippen molar-refractivity contribution in [2.75, 3.05) is 12.4 Å². The largest absolute Gasteiger partial charge is 0.382 e. The summed E-state index contributed by atoms with van der Waals surface area (Å²) >= 11 is 0. The van der Waals surface area contributed by atoms with Gasteiger partial charge in [0.1, 0.15) is 5.69 Å². The summed E-state index contributed by atoms with van der Waals surface area (Å²) in [6, 6.07) is 3.79. The second-order valence-electron chi connectivity index (χ2n) is 4.17. The van der Waals surface area contributed by atoms with Gasteiger partial charge in [0.05, 0.1) is 16.5 Å². The topological polar surface area (TPSA) is 139 Å². The SMILES string of the molecule is CNc1c(C(=O)NC(C)c2nn[nH]n2)cccc1[N+](=O)[O-]. The molecule has 2 aromatic rings. The predicted molar refractivity (Wildman–Crippen MR) is 72.7 cm³/mol. The molecule has 110 valence electrons. The highest BCUT2D eigenvalue weighted by atomic mass is 16.6. The first-order valence-electron chi connectivity index (χ1n) is 6.04. The third-order valence-corrected chi connectivity index (χ3v) is 2.83. The molecule has 0 radical (unpaired) electrons. The number of anilines is 1. The van der Waals surface area contributed by atoms with Gasteiger partial charge < -0.3 is 10.6 Å². The van der Waals surface area contributed by atoms with Gasteiger partial charge in [-0.3, -0.25) is 14.9 Å². The van der Waals surface area contributed by atoms with Crippen LogP contribution in [0.15, 0.2) is 18.2 Å². The van der Waals surface area contributed by atoms with E-state index in [1.165, 1.54) is 25.2 Å². The van der Waals surface area contributed by atoms with E-state index in [0.29, 0.717) is 5.82 Å². The molecule has 0 saturated heterocycles. The molecule has 0 aliphatic carbocycles. The van der Waals surface area contributed by atoms with Gasteiger partial charge in [-0.15, -0.1) is 10.2 Å². The van der Waals surface area contributed by atoms with Crippen molar-refractivity contribution in [3.05, 3.63) is 39.7 Å². The van der Waals surface area contributed by atoms with Crippen LogP contribution in [-0.4, -0.2) is 38.5 Å². The number of H-pyrrole nitrogens is 1. The number of nitrogens with zero attached hydrogens (tertiary/aromatic N) is 4. The molecular formula is C11H13N7O3. The molecule has 0 bridgehead atoms. The van der Waals surface area contributed by atoms with Crippen LogP contribution in [0, 0.1) is 10.1 Å². The number of rotatable bonds is 5. The number of hydrogen-bond acceptors (Lipinski definition) is 7. The van der Waals surface area contributed by atoms with Crippen LogP contribution in [0.4, 0.5) is 11.4 Å². The smallest absolute Gasteiger partial charge is 0.293 e. The number of nitrogens with one attached hydrogen (secondary N) is 3. The Hall–Kier alpha value is -3.04. The van der Waals surface area contributed by atoms with Crippen LogP contribution in [0.1, 0.15) is 29.1 Å². The molecule has 1 aromatic carbocycles. The Balaban J connectivity index is 2.27. The maximum atomic E-state index is 12.2. The number of nitro groups is 1. The fourth-order valence-corrected chi connectivity index (χ4v) is 1.84. The van der Waals surface area contributed by atoms with Crippen LogP contribution in [-0.2, 0) is 0 Å². The maximum Gasteiger partial charge on any atom is 0.293 e. The van der Waals surface area contributed by atoms with Crippen molar-refractivity contribution in [2.24, 2.45) is 0 Å². The van der Waals surface area contributed by atoms with E-state index in [-0.39, 0.29) is 16.9 Å². The Labute approximate surface area is 119 Å². The number of para-hydroxylation sites is 1. The highest BCUT2D eigenvalue weighted by molar-refractivity contribution is 6.01. The summed E-state index contributed by atoms with van der Waals surface area (Å²) in [4.78, 5) is 22.7. The van der Waals surface area contributed by atoms with Gasteiger partial charge >= 0.3 is 0 Å². The van der Waals surface area contributed by atoms with E-state index in [1.807, 2.05) is 0 Å². The first kappa shape index (κ1) is 14.4. The Bertz CT molecular complexity index is 656. The molecule has 1 heterocycles. The molecule has 1 aromatic heterocycles. The van der Waals surface area contributed by atoms with E-state index in [1.54, 1.807) is 6.92 Å². The van der Waals surface area contributed by atoms with Crippen molar-refractivity contribution >= 4 is 17.3 Å². The molecule has 1 atom stereocenters. The molecule has 10 nitrogen and oxygen atoms in total. The lowest BCUT2D eigenvalue weighted by molar-refractivity contribution is -0.384. The third kappa shape index (κ3) is 2.94. The van der Waals surface area contributed by atoms with Gasteiger partial charge in [-0.25, -0.2) is 0 Å². The average Bonchev–Trinajstić information content (AvgIpc) is 3.00. The average molecular weight is 291 g/mol. The summed E-state index contributed by atoms with van der Waals surface area (Å²) in [6.07, 6.45) is 0. The second-order valence-corrected chi connectivity index (χ2v) is 4.17. The van der Waals surface area contributed by atoms with Crippen LogP contribution in [0.25, 0.3) is 0 Å². The zero-order valence-electron chi connectivity index (χ0n) is 11.3. The molecule has 3 N–H and O–H groups in total. The standard InChI is InChI=1S/C11H13N7O3/c1-6(10-14-16-17-15-10)13-11(19)7-4-3-5-8(18(20)21)9(7)12-2/h3-6,12H,1-2H3,(H,13,19)(H,14,15,16,17). The van der Waals surface area contributed by atoms with Crippen molar-refractivity contribution in [1.29, 1.82) is 0 Å². The number of aromatic nitrogens is 4. The fourth-order valence-electron chi connectivity index (χ4n) is 1.84. The first-order chi connectivity index (χ1) is 10.0. The minimum Gasteiger partial charge on any atom is -0.382 e. The van der Waals surface area contributed by atoms with Gasteiger partial charge in [0.25, 0.3) is 11.6 Å². The summed E-state index contributed by atoms with van der Waals surface area (Å²) in [5.74, 6) is -0.153. The molecule has 2 rings (SSSR count). The zero-order chi connectivity index (χ0) is 15.4. The second kappa shape index (κ2) is 5.94. The molecule has 1 amide bonds. The minimum atomic E-state index is -0.550. The highest BCUT2D eigenvalue weighted by Crippen LogP contribution is 2.28. The highest BCUT2D eigenvalue weighted by Gasteiger charge is 2.22. The number of tetrazole rings is 1. The van der Waals surface area contributed by atoms with Crippen LogP contribution in [0.2, 0.25) is 0 Å². The summed E-state index contributed by atoms with van der Waals surface area (Å²) in [5.41, 5.74) is 0.153. The third-order valence-electron chi connectivity index (χ3n) is 2.83. The van der Waals surface area contributed by atoms with Crippen molar-refractivity contribution in [2.45, 2.75) is 13.0 Å². The first-order valence-corrected chi connectivity index (χ1v) is 6.04. The Kier molecular flexibility index (Phi) is 4.07. The molecule has 0 saturated carbocycles. The lowest BCUT2D eigenvalue weighted by Crippen LogP contribution is -2.28. The van der Waals surface area contributed by atoms with Gasteiger partial charge in [-0.05, 0) is 13.0 Å². The molecule has 0 spiro atoms. The minimum absolute atomic E-state index is 0.153. The van der Waals surface area contributed by atoms with Gasteiger partial charge in [-0.2, -0.15) is 5.21 Å². The number of amides is 1. The van der Waals surface area contributed by atoms with E-state index < -0.39 is 16.9 Å². The van der Waals surface area contributed by atoms with Crippen LogP contribution in [0.5, 0.6) is 0 Å². The Morgan fingerprint density at radius 2 is 2.24 bits per heavy atom. The molecule has 10 heteroatoms. The number of carbonyl (C=O) groups excluding carboxylic acids is 1. The van der Waals surface area contributed by atoms with Gasteiger partial charge in [0.2, 0.25) is 0 Å². The van der Waals surface area contributed by atoms with Crippen LogP contribution in [0.3, 0.4) is 0 Å². The van der Waals surface area contributed by atoms with Crippen LogP contribution >= 0.6 is 0 Å². The number of aromatic amines is 1. The van der Waals surface area contributed by atoms with Crippen LogP contribution < -0.4 is 10.6 Å². The molecule has 21 heavy (non-hydrogen) atoms. The molecule has 1 unspecified atom stereocenters. The summed E-state index contributed by atoms with van der Waals surface area (Å²) in [6.45, 7) is 1.68. The number of nitro benzene ring substituents is 1. The monoisotopic (exact) mass is 291 g/mol. The summed E-state index contributed by atoms with van der Waals surface area (Å²) < 4.78 is 0. The van der Waals surface area contributed by atoms with E-state index >= 15 is 0 Å². The Morgan fingerprint density at radius 3 is 2.81 bits per heavy atom. The number of benzene rings is 1. The number of carbonyl (C=O) groups is 1. The van der Waals surface area contributed by atoms with Gasteiger partial charge in [-0.1, -0.05) is 11.3 Å². The lowest BCUT2D eigenvalue weighted by Gasteiger charge is -2.12. The zero-order valence-corrected chi connectivity index (χ0v) is 11.3. The molecular weight excluding hydrogens is 278 g/mol. The molecule has 0 fully saturated rings. The van der Waals surface area contributed by atoms with E-state index in [4.69, 9.17) is 0 Å². The normalized spacial score (nSPS) is 11.7. The van der Waals surface area contributed by atoms with E-state index in [2.05, 4.69) is 31.3 Å². The Morgan fingerprint density at radius 1 is 1.48 bits per heavy atom. The molecule has 0 aliphatic heterocycles. The van der Waals surface area contributed by atoms with Crippen molar-refractivity contribution in [1.82, 2.24) is 25.9 Å². The molecule has 0 aliphatic rings. The van der Waals surface area contributed by atoms with Crippen molar-refractivity contribution < 1.29 is 9.72 Å². The van der Waals surface area contributed by atoms with Gasteiger partial charge in [0, 0.05) is 13.1 Å². The maximum absolute atomic E-state index is 12.2. The fraction of sp³-hybridized carbons (Fsp3) is 0.273. The number of hydrogen-bond donors (Lipinski definition) is 3. The quantitative estimate of drug-likeness (QED) is 0.542. The predicted octanol–water partition coefficient (Wildman–Crippen LogP) is 0.641. The summed E-state index contributed by atoms with van der Waals surface area (Å²) in [7, 11) is 1.52. The van der Waals surface area contributed by atoms with E-state index in [9.17, 15) is 14.9 Å². The van der Waals surface area contributed by atoms with Crippen molar-refractivity contribution in [3.63, 3.8) is 0 Å². The van der Waals surface area contributed by atoms with E-state index in [0.717, 1.165) is 0 Å². The lowest BCUT2D eigenvalue weighted by atomic mass is 10.1. The van der Waals surface area contributed by atoms with Crippen molar-refractivity contribution in [3.8, 4) is 0 Å². The van der Waals surface area contributed by atoms with Gasteiger partial charge in [0.15, 0.2) is 5.82 Å².